The summed E-state index contributed by atoms with van der Waals surface area (Å²) in [5, 5.41) is 8.39. The fourth-order valence-electron chi connectivity index (χ4n) is 1.34. The Bertz CT molecular complexity index is 440. The largest absolute Gasteiger partial charge is 0.497 e. The van der Waals surface area contributed by atoms with E-state index in [1.165, 1.54) is 14.2 Å². The van der Waals surface area contributed by atoms with E-state index >= 15 is 0 Å². The molecule has 1 aromatic rings. The van der Waals surface area contributed by atoms with E-state index in [-0.39, 0.29) is 12.4 Å². The van der Waals surface area contributed by atoms with Crippen molar-refractivity contribution in [3.05, 3.63) is 23.8 Å². The molecular formula is C12H14O6. The molecule has 6 heteroatoms. The molecule has 18 heavy (non-hydrogen) atoms. The zero-order valence-electron chi connectivity index (χ0n) is 10.1. The fraction of sp³-hybridized carbons (Fsp3) is 0.333. The molecule has 1 N–H and O–H groups in total. The summed E-state index contributed by atoms with van der Waals surface area (Å²) < 4.78 is 14.8. The van der Waals surface area contributed by atoms with Crippen LogP contribution in [-0.2, 0) is 9.53 Å². The van der Waals surface area contributed by atoms with Crippen molar-refractivity contribution in [3.8, 4) is 11.5 Å². The highest BCUT2D eigenvalue weighted by molar-refractivity contribution is 5.99. The summed E-state index contributed by atoms with van der Waals surface area (Å²) in [4.78, 5) is 22.0. The average Bonchev–Trinajstić information content (AvgIpc) is 2.37. The Morgan fingerprint density at radius 1 is 1.17 bits per heavy atom. The van der Waals surface area contributed by atoms with Gasteiger partial charge in [-0.3, -0.25) is 4.79 Å². The van der Waals surface area contributed by atoms with Crippen LogP contribution in [0.5, 0.6) is 11.5 Å². The molecule has 0 aliphatic carbocycles. The number of carbonyl (C=O) groups excluding carboxylic acids is 1. The van der Waals surface area contributed by atoms with Gasteiger partial charge in [-0.05, 0) is 12.1 Å². The molecule has 0 radical (unpaired) electrons. The molecule has 6 nitrogen and oxygen atoms in total. The predicted octanol–water partition coefficient (Wildman–Crippen LogP) is 0.988. The average molecular weight is 254 g/mol. The fourth-order valence-corrected chi connectivity index (χ4v) is 1.34. The first-order valence-electron chi connectivity index (χ1n) is 5.13. The van der Waals surface area contributed by atoms with Crippen LogP contribution >= 0.6 is 0 Å². The van der Waals surface area contributed by atoms with E-state index < -0.39 is 12.6 Å². The number of carboxylic acid groups (broad SMARTS) is 1. The lowest BCUT2D eigenvalue weighted by Crippen LogP contribution is -2.15. The number of carboxylic acids is 1. The van der Waals surface area contributed by atoms with Gasteiger partial charge < -0.3 is 19.3 Å². The predicted molar refractivity (Wildman–Crippen MR) is 62.3 cm³/mol. The van der Waals surface area contributed by atoms with E-state index in [1.54, 1.807) is 18.2 Å². The first-order valence-corrected chi connectivity index (χ1v) is 5.13. The van der Waals surface area contributed by atoms with Crippen molar-refractivity contribution in [2.75, 3.05) is 27.4 Å². The highest BCUT2D eigenvalue weighted by atomic mass is 16.5. The first-order chi connectivity index (χ1) is 8.58. The van der Waals surface area contributed by atoms with Crippen LogP contribution in [0.3, 0.4) is 0 Å². The second kappa shape index (κ2) is 6.61. The molecule has 0 aliphatic rings. The van der Waals surface area contributed by atoms with E-state index in [0.29, 0.717) is 17.1 Å². The number of benzene rings is 1. The zero-order valence-corrected chi connectivity index (χ0v) is 10.1. The van der Waals surface area contributed by atoms with E-state index in [1.807, 2.05) is 0 Å². The number of ether oxygens (including phenoxy) is 3. The van der Waals surface area contributed by atoms with Gasteiger partial charge in [0.05, 0.1) is 19.8 Å². The number of hydrogen-bond acceptors (Lipinski definition) is 5. The summed E-state index contributed by atoms with van der Waals surface area (Å²) in [6, 6.07) is 4.74. The van der Waals surface area contributed by atoms with Crippen molar-refractivity contribution in [1.82, 2.24) is 0 Å². The van der Waals surface area contributed by atoms with Crippen molar-refractivity contribution in [2.45, 2.75) is 0 Å². The Kier molecular flexibility index (Phi) is 5.13. The third-order valence-corrected chi connectivity index (χ3v) is 2.17. The summed E-state index contributed by atoms with van der Waals surface area (Å²) in [6.45, 7) is -0.820. The van der Waals surface area contributed by atoms with Crippen LogP contribution in [0, 0.1) is 0 Å². The van der Waals surface area contributed by atoms with E-state index in [4.69, 9.17) is 19.3 Å². The lowest BCUT2D eigenvalue weighted by molar-refractivity contribution is -0.141. The van der Waals surface area contributed by atoms with E-state index in [9.17, 15) is 9.59 Å². The summed E-state index contributed by atoms with van der Waals surface area (Å²) in [5.41, 5.74) is 0.323. The Morgan fingerprint density at radius 2 is 1.89 bits per heavy atom. The van der Waals surface area contributed by atoms with Crippen molar-refractivity contribution in [3.63, 3.8) is 0 Å². The van der Waals surface area contributed by atoms with Gasteiger partial charge in [0.2, 0.25) is 0 Å². The SMILES string of the molecule is COc1ccc(C(=O)COCC(=O)O)c(OC)c1. The molecule has 0 spiro atoms. The van der Waals surface area contributed by atoms with Crippen LogP contribution in [0.2, 0.25) is 0 Å². The Balaban J connectivity index is 2.75. The van der Waals surface area contributed by atoms with Crippen LogP contribution in [0.15, 0.2) is 18.2 Å². The molecular weight excluding hydrogens is 240 g/mol. The summed E-state index contributed by atoms with van der Waals surface area (Å²) in [7, 11) is 2.94. The maximum Gasteiger partial charge on any atom is 0.329 e. The third kappa shape index (κ3) is 3.74. The Hall–Kier alpha value is -2.08. The van der Waals surface area contributed by atoms with Crippen LogP contribution in [0.25, 0.3) is 0 Å². The molecule has 0 aliphatic heterocycles. The molecule has 0 bridgehead atoms. The monoisotopic (exact) mass is 254 g/mol. The maximum atomic E-state index is 11.8. The van der Waals surface area contributed by atoms with Gasteiger partial charge in [0.15, 0.2) is 5.78 Å². The Morgan fingerprint density at radius 3 is 2.44 bits per heavy atom. The van der Waals surface area contributed by atoms with E-state index in [2.05, 4.69) is 0 Å². The third-order valence-electron chi connectivity index (χ3n) is 2.17. The topological polar surface area (TPSA) is 82.1 Å². The smallest absolute Gasteiger partial charge is 0.329 e. The molecule has 98 valence electrons. The summed E-state index contributed by atoms with van der Waals surface area (Å²) in [6.07, 6.45) is 0. The molecule has 0 aromatic heterocycles. The molecule has 0 heterocycles. The highest BCUT2D eigenvalue weighted by Crippen LogP contribution is 2.24. The number of Topliss-reactive ketones (excluding diaryl/α,β-unsaturated/α-hetero) is 1. The normalized spacial score (nSPS) is 9.89. The minimum Gasteiger partial charge on any atom is -0.497 e. The van der Waals surface area contributed by atoms with Gasteiger partial charge in [0.25, 0.3) is 0 Å². The molecule has 1 aromatic carbocycles. The quantitative estimate of drug-likeness (QED) is 0.730. The van der Waals surface area contributed by atoms with Gasteiger partial charge in [-0.25, -0.2) is 4.79 Å². The van der Waals surface area contributed by atoms with Gasteiger partial charge in [0.1, 0.15) is 24.7 Å². The second-order valence-electron chi connectivity index (χ2n) is 3.38. The van der Waals surface area contributed by atoms with Crippen molar-refractivity contribution < 1.29 is 28.9 Å². The number of aliphatic carboxylic acids is 1. The standard InChI is InChI=1S/C12H14O6/c1-16-8-3-4-9(11(5-8)17-2)10(13)6-18-7-12(14)15/h3-5H,6-7H2,1-2H3,(H,14,15). The van der Waals surface area contributed by atoms with Gasteiger partial charge >= 0.3 is 5.97 Å². The molecule has 0 fully saturated rings. The molecule has 0 saturated heterocycles. The summed E-state index contributed by atoms with van der Waals surface area (Å²) in [5.74, 6) is -0.548. The van der Waals surface area contributed by atoms with Crippen LogP contribution in [-0.4, -0.2) is 44.3 Å². The number of methoxy groups -OCH3 is 2. The molecule has 0 amide bonds. The second-order valence-corrected chi connectivity index (χ2v) is 3.38. The Labute approximate surface area is 104 Å². The molecule has 1 rings (SSSR count). The molecule has 0 atom stereocenters. The van der Waals surface area contributed by atoms with Crippen molar-refractivity contribution in [2.24, 2.45) is 0 Å². The van der Waals surface area contributed by atoms with Crippen molar-refractivity contribution in [1.29, 1.82) is 0 Å². The van der Waals surface area contributed by atoms with Crippen LogP contribution < -0.4 is 9.47 Å². The number of carbonyl (C=O) groups is 2. The van der Waals surface area contributed by atoms with Gasteiger partial charge in [-0.2, -0.15) is 0 Å². The lowest BCUT2D eigenvalue weighted by Gasteiger charge is -2.09. The summed E-state index contributed by atoms with van der Waals surface area (Å²) >= 11 is 0. The number of hydrogen-bond donors (Lipinski definition) is 1. The lowest BCUT2D eigenvalue weighted by atomic mass is 10.1. The van der Waals surface area contributed by atoms with Gasteiger partial charge in [-0.1, -0.05) is 0 Å². The highest BCUT2D eigenvalue weighted by Gasteiger charge is 2.13. The first kappa shape index (κ1) is 14.0. The van der Waals surface area contributed by atoms with Crippen molar-refractivity contribution >= 4 is 11.8 Å². The minimum absolute atomic E-state index is 0.311. The number of ketones is 1. The van der Waals surface area contributed by atoms with Crippen LogP contribution in [0.1, 0.15) is 10.4 Å². The molecule has 0 saturated carbocycles. The van der Waals surface area contributed by atoms with Gasteiger partial charge in [-0.15, -0.1) is 0 Å². The van der Waals surface area contributed by atoms with Gasteiger partial charge in [0, 0.05) is 6.07 Å². The minimum atomic E-state index is -1.12. The van der Waals surface area contributed by atoms with E-state index in [0.717, 1.165) is 0 Å². The maximum absolute atomic E-state index is 11.8. The number of rotatable bonds is 7. The van der Waals surface area contributed by atoms with Crippen LogP contribution in [0.4, 0.5) is 0 Å². The zero-order chi connectivity index (χ0) is 13.5. The molecule has 0 unspecified atom stereocenters.